The second-order valence-corrected chi connectivity index (χ2v) is 6.06. The third kappa shape index (κ3) is 5.98. The van der Waals surface area contributed by atoms with Gasteiger partial charge in [0.25, 0.3) is 0 Å². The minimum Gasteiger partial charge on any atom is -0.466 e. The number of esters is 1. The van der Waals surface area contributed by atoms with E-state index in [4.69, 9.17) is 9.05 Å². The first-order valence-electron chi connectivity index (χ1n) is 6.41. The number of carbonyl (C=O) groups is 1. The number of hydrogen-bond donors (Lipinski definition) is 0. The molecule has 21 heavy (non-hydrogen) atoms. The standard InChI is InChI=1S/C15H19O5P/c1-4-19-21(17,20-5-2)12-14-8-6-13(7-9-14)10-11-15(16)18-3/h4,6-11H,1,5,12H2,2-3H3/b11-10+. The highest BCUT2D eigenvalue weighted by atomic mass is 31.2. The molecule has 0 bridgehead atoms. The van der Waals surface area contributed by atoms with E-state index in [1.165, 1.54) is 13.2 Å². The third-order valence-electron chi connectivity index (χ3n) is 2.53. The fourth-order valence-corrected chi connectivity index (χ4v) is 3.12. The Balaban J connectivity index is 2.77. The van der Waals surface area contributed by atoms with Crippen LogP contribution in [-0.4, -0.2) is 19.7 Å². The molecule has 0 radical (unpaired) electrons. The summed E-state index contributed by atoms with van der Waals surface area (Å²) in [4.78, 5) is 11.0. The lowest BCUT2D eigenvalue weighted by molar-refractivity contribution is -0.134. The van der Waals surface area contributed by atoms with E-state index in [0.717, 1.165) is 17.4 Å². The number of methoxy groups -OCH3 is 1. The maximum Gasteiger partial charge on any atom is 0.382 e. The van der Waals surface area contributed by atoms with Crippen molar-refractivity contribution in [3.8, 4) is 0 Å². The van der Waals surface area contributed by atoms with E-state index in [0.29, 0.717) is 6.61 Å². The van der Waals surface area contributed by atoms with Crippen LogP contribution in [0.2, 0.25) is 0 Å². The molecule has 0 aromatic heterocycles. The van der Waals surface area contributed by atoms with Gasteiger partial charge in [-0.25, -0.2) is 9.36 Å². The molecule has 0 saturated heterocycles. The first kappa shape index (κ1) is 17.2. The molecule has 0 aliphatic heterocycles. The molecule has 0 saturated carbocycles. The Morgan fingerprint density at radius 1 is 1.33 bits per heavy atom. The second kappa shape index (κ2) is 8.45. The molecule has 0 fully saturated rings. The van der Waals surface area contributed by atoms with Gasteiger partial charge in [0.2, 0.25) is 0 Å². The predicted molar refractivity (Wildman–Crippen MR) is 81.7 cm³/mol. The number of ether oxygens (including phenoxy) is 1. The van der Waals surface area contributed by atoms with Gasteiger partial charge in [0, 0.05) is 6.08 Å². The Morgan fingerprint density at radius 2 is 2.00 bits per heavy atom. The van der Waals surface area contributed by atoms with Crippen molar-refractivity contribution in [1.29, 1.82) is 0 Å². The second-order valence-electron chi connectivity index (χ2n) is 4.06. The van der Waals surface area contributed by atoms with Crippen LogP contribution < -0.4 is 0 Å². The molecule has 0 aliphatic carbocycles. The zero-order valence-corrected chi connectivity index (χ0v) is 13.0. The quantitative estimate of drug-likeness (QED) is 0.316. The van der Waals surface area contributed by atoms with Crippen LogP contribution >= 0.6 is 7.60 Å². The fraction of sp³-hybridized carbons (Fsp3) is 0.267. The normalized spacial score (nSPS) is 13.6. The van der Waals surface area contributed by atoms with E-state index in [-0.39, 0.29) is 6.16 Å². The SMILES string of the molecule is C=COP(=O)(Cc1ccc(/C=C/C(=O)OC)cc1)OCC. The molecule has 1 aromatic rings. The Morgan fingerprint density at radius 3 is 2.52 bits per heavy atom. The first-order chi connectivity index (χ1) is 10.0. The summed E-state index contributed by atoms with van der Waals surface area (Å²) in [6.45, 7) is 5.45. The summed E-state index contributed by atoms with van der Waals surface area (Å²) >= 11 is 0. The highest BCUT2D eigenvalue weighted by molar-refractivity contribution is 7.53. The van der Waals surface area contributed by atoms with E-state index >= 15 is 0 Å². The number of hydrogen-bond acceptors (Lipinski definition) is 5. The summed E-state index contributed by atoms with van der Waals surface area (Å²) in [5, 5.41) is 0. The minimum atomic E-state index is -3.20. The van der Waals surface area contributed by atoms with Gasteiger partial charge in [-0.15, -0.1) is 0 Å². The Labute approximate surface area is 124 Å². The fourth-order valence-electron chi connectivity index (χ4n) is 1.61. The zero-order valence-electron chi connectivity index (χ0n) is 12.2. The molecule has 0 spiro atoms. The molecular weight excluding hydrogens is 291 g/mol. The van der Waals surface area contributed by atoms with Crippen LogP contribution in [0.3, 0.4) is 0 Å². The molecule has 1 aromatic carbocycles. The van der Waals surface area contributed by atoms with E-state index in [1.807, 2.05) is 0 Å². The average Bonchev–Trinajstić information content (AvgIpc) is 2.46. The molecule has 5 nitrogen and oxygen atoms in total. The summed E-state index contributed by atoms with van der Waals surface area (Å²) in [7, 11) is -1.88. The number of benzene rings is 1. The molecule has 0 aliphatic rings. The topological polar surface area (TPSA) is 61.8 Å². The number of rotatable bonds is 8. The molecule has 1 rings (SSSR count). The van der Waals surface area contributed by atoms with Crippen LogP contribution in [0.15, 0.2) is 43.2 Å². The molecule has 1 atom stereocenters. The van der Waals surface area contributed by atoms with Gasteiger partial charge in [-0.3, -0.25) is 4.52 Å². The highest BCUT2D eigenvalue weighted by Crippen LogP contribution is 2.51. The average molecular weight is 310 g/mol. The molecular formula is C15H19O5P. The Bertz CT molecular complexity index is 548. The zero-order chi connectivity index (χ0) is 15.7. The molecule has 1 unspecified atom stereocenters. The van der Waals surface area contributed by atoms with Gasteiger partial charge in [0.1, 0.15) is 0 Å². The molecule has 114 valence electrons. The summed E-state index contributed by atoms with van der Waals surface area (Å²) < 4.78 is 27.0. The maximum atomic E-state index is 12.3. The van der Waals surface area contributed by atoms with E-state index in [9.17, 15) is 9.36 Å². The van der Waals surface area contributed by atoms with E-state index < -0.39 is 13.6 Å². The van der Waals surface area contributed by atoms with Crippen LogP contribution in [0.5, 0.6) is 0 Å². The van der Waals surface area contributed by atoms with Crippen molar-refractivity contribution >= 4 is 19.6 Å². The summed E-state index contributed by atoms with van der Waals surface area (Å²) in [5.41, 5.74) is 1.64. The molecule has 6 heteroatoms. The van der Waals surface area contributed by atoms with Gasteiger partial charge in [-0.05, 0) is 24.1 Å². The van der Waals surface area contributed by atoms with Crippen LogP contribution in [-0.2, 0) is 29.3 Å². The lowest BCUT2D eigenvalue weighted by Gasteiger charge is -2.16. The van der Waals surface area contributed by atoms with Gasteiger partial charge in [0.05, 0.1) is 26.1 Å². The lowest BCUT2D eigenvalue weighted by Crippen LogP contribution is -1.96. The molecule has 0 heterocycles. The van der Waals surface area contributed by atoms with Crippen molar-refractivity contribution in [2.75, 3.05) is 13.7 Å². The van der Waals surface area contributed by atoms with E-state index in [1.54, 1.807) is 37.3 Å². The van der Waals surface area contributed by atoms with Gasteiger partial charge in [-0.1, -0.05) is 30.8 Å². The summed E-state index contributed by atoms with van der Waals surface area (Å²) in [5.74, 6) is -0.417. The van der Waals surface area contributed by atoms with Crippen molar-refractivity contribution in [2.45, 2.75) is 13.1 Å². The van der Waals surface area contributed by atoms with Crippen LogP contribution in [0.25, 0.3) is 6.08 Å². The summed E-state index contributed by atoms with van der Waals surface area (Å²) in [6, 6.07) is 7.21. The van der Waals surface area contributed by atoms with Gasteiger partial charge in [-0.2, -0.15) is 0 Å². The van der Waals surface area contributed by atoms with Crippen molar-refractivity contribution in [3.63, 3.8) is 0 Å². The van der Waals surface area contributed by atoms with Gasteiger partial charge < -0.3 is 9.26 Å². The van der Waals surface area contributed by atoms with Crippen molar-refractivity contribution in [2.24, 2.45) is 0 Å². The van der Waals surface area contributed by atoms with E-state index in [2.05, 4.69) is 11.3 Å². The smallest absolute Gasteiger partial charge is 0.382 e. The molecule has 0 amide bonds. The monoisotopic (exact) mass is 310 g/mol. The number of carbonyl (C=O) groups excluding carboxylic acids is 1. The van der Waals surface area contributed by atoms with Gasteiger partial charge in [0.15, 0.2) is 0 Å². The lowest BCUT2D eigenvalue weighted by atomic mass is 10.1. The highest BCUT2D eigenvalue weighted by Gasteiger charge is 2.24. The van der Waals surface area contributed by atoms with Crippen molar-refractivity contribution in [1.82, 2.24) is 0 Å². The van der Waals surface area contributed by atoms with Gasteiger partial charge >= 0.3 is 13.6 Å². The van der Waals surface area contributed by atoms with Crippen molar-refractivity contribution in [3.05, 3.63) is 54.3 Å². The van der Waals surface area contributed by atoms with Crippen LogP contribution in [0, 0.1) is 0 Å². The summed E-state index contributed by atoms with van der Waals surface area (Å²) in [6.07, 6.45) is 4.26. The largest absolute Gasteiger partial charge is 0.466 e. The predicted octanol–water partition coefficient (Wildman–Crippen LogP) is 3.76. The van der Waals surface area contributed by atoms with Crippen LogP contribution in [0.1, 0.15) is 18.1 Å². The third-order valence-corrected chi connectivity index (χ3v) is 4.40. The Hall–Kier alpha value is -1.84. The Kier molecular flexibility index (Phi) is 6.92. The minimum absolute atomic E-state index is 0.161. The first-order valence-corrected chi connectivity index (χ1v) is 8.13. The van der Waals surface area contributed by atoms with Crippen molar-refractivity contribution < 1.29 is 23.1 Å². The molecule has 0 N–H and O–H groups in total. The van der Waals surface area contributed by atoms with Crippen LogP contribution in [0.4, 0.5) is 0 Å². The maximum absolute atomic E-state index is 12.3.